The quantitative estimate of drug-likeness (QED) is 0.284. The highest BCUT2D eigenvalue weighted by Crippen LogP contribution is 2.41. The molecular formula is C30H35N3O6. The molecule has 0 aliphatic carbocycles. The number of nitrogens with one attached hydrogen (secondary N) is 1. The molecule has 2 heterocycles. The third-order valence-electron chi connectivity index (χ3n) is 7.37. The van der Waals surface area contributed by atoms with Crippen LogP contribution in [0.3, 0.4) is 0 Å². The fourth-order valence-corrected chi connectivity index (χ4v) is 5.36. The molecule has 0 saturated carbocycles. The number of nitro groups is 1. The van der Waals surface area contributed by atoms with Crippen LogP contribution in [0.2, 0.25) is 0 Å². The predicted molar refractivity (Wildman–Crippen MR) is 147 cm³/mol. The Labute approximate surface area is 228 Å². The van der Waals surface area contributed by atoms with Gasteiger partial charge in [-0.05, 0) is 57.8 Å². The van der Waals surface area contributed by atoms with E-state index < -0.39 is 28.9 Å². The number of ether oxygens (including phenoxy) is 2. The summed E-state index contributed by atoms with van der Waals surface area (Å²) in [6.45, 7) is 7.89. The third kappa shape index (κ3) is 6.37. The van der Waals surface area contributed by atoms with Gasteiger partial charge in [-0.3, -0.25) is 15.0 Å². The normalized spacial score (nSPS) is 18.8. The maximum atomic E-state index is 14.0. The molecule has 0 spiro atoms. The highest BCUT2D eigenvalue weighted by molar-refractivity contribution is 6.00. The summed E-state index contributed by atoms with van der Waals surface area (Å²) < 4.78 is 11.3. The zero-order valence-corrected chi connectivity index (χ0v) is 22.9. The van der Waals surface area contributed by atoms with Crippen LogP contribution < -0.4 is 5.32 Å². The van der Waals surface area contributed by atoms with Gasteiger partial charge in [-0.2, -0.15) is 0 Å². The lowest BCUT2D eigenvalue weighted by atomic mass is 9.80. The van der Waals surface area contributed by atoms with Gasteiger partial charge in [0, 0.05) is 30.1 Å². The van der Waals surface area contributed by atoms with E-state index in [0.29, 0.717) is 23.5 Å². The number of likely N-dealkylation sites (tertiary alicyclic amines) is 1. The van der Waals surface area contributed by atoms with Crippen LogP contribution in [0, 0.1) is 17.0 Å². The van der Waals surface area contributed by atoms with Crippen molar-refractivity contribution in [3.63, 3.8) is 0 Å². The van der Waals surface area contributed by atoms with E-state index in [1.54, 1.807) is 26.0 Å². The number of hydrogen-bond donors (Lipinski definition) is 1. The molecule has 0 bridgehead atoms. The minimum absolute atomic E-state index is 0.138. The number of aryl methyl sites for hydroxylation is 1. The Hall–Kier alpha value is -3.98. The molecular weight excluding hydrogens is 498 g/mol. The number of non-ortho nitro benzene ring substituents is 1. The number of esters is 2. The Kier molecular flexibility index (Phi) is 8.81. The minimum Gasteiger partial charge on any atom is -0.466 e. The molecule has 0 radical (unpaired) electrons. The maximum absolute atomic E-state index is 14.0. The number of benzene rings is 2. The molecule has 2 aliphatic heterocycles. The Balaban J connectivity index is 1.74. The molecule has 2 aromatic carbocycles. The van der Waals surface area contributed by atoms with E-state index in [1.807, 2.05) is 31.2 Å². The molecule has 2 aliphatic rings. The molecule has 1 saturated heterocycles. The molecule has 2 aromatic rings. The Bertz CT molecular complexity index is 1310. The number of rotatable bonds is 8. The van der Waals surface area contributed by atoms with E-state index in [2.05, 4.69) is 10.2 Å². The van der Waals surface area contributed by atoms with Crippen LogP contribution in [0.4, 0.5) is 5.69 Å². The molecule has 1 fully saturated rings. The van der Waals surface area contributed by atoms with Crippen LogP contribution in [0.1, 0.15) is 61.8 Å². The van der Waals surface area contributed by atoms with Crippen molar-refractivity contribution in [2.24, 2.45) is 0 Å². The lowest BCUT2D eigenvalue weighted by molar-refractivity contribution is -0.384. The van der Waals surface area contributed by atoms with E-state index >= 15 is 0 Å². The number of nitro benzene ring substituents is 1. The summed E-state index contributed by atoms with van der Waals surface area (Å²) in [6.07, 6.45) is 2.86. The summed E-state index contributed by atoms with van der Waals surface area (Å²) >= 11 is 0. The second-order valence-corrected chi connectivity index (χ2v) is 10.1. The largest absolute Gasteiger partial charge is 0.466 e. The van der Waals surface area contributed by atoms with Gasteiger partial charge in [-0.1, -0.05) is 48.4 Å². The van der Waals surface area contributed by atoms with Gasteiger partial charge in [0.15, 0.2) is 0 Å². The first-order chi connectivity index (χ1) is 18.7. The van der Waals surface area contributed by atoms with Crippen LogP contribution in [0.15, 0.2) is 71.1 Å². The van der Waals surface area contributed by atoms with Crippen LogP contribution >= 0.6 is 0 Å². The summed E-state index contributed by atoms with van der Waals surface area (Å²) in [6, 6.07) is 13.9. The summed E-state index contributed by atoms with van der Waals surface area (Å²) in [5.74, 6) is -2.12. The summed E-state index contributed by atoms with van der Waals surface area (Å²) in [5, 5.41) is 14.7. The number of dihydropyridines is 1. The first-order valence-electron chi connectivity index (χ1n) is 13.2. The highest BCUT2D eigenvalue weighted by atomic mass is 16.6. The van der Waals surface area contributed by atoms with Crippen molar-refractivity contribution in [3.8, 4) is 0 Å². The van der Waals surface area contributed by atoms with Gasteiger partial charge in [0.2, 0.25) is 0 Å². The van der Waals surface area contributed by atoms with Crippen molar-refractivity contribution in [1.82, 2.24) is 10.2 Å². The van der Waals surface area contributed by atoms with Crippen LogP contribution in [-0.2, 0) is 19.1 Å². The Morgan fingerprint density at radius 1 is 1.00 bits per heavy atom. The number of carbonyl (C=O) groups excluding carboxylic acids is 2. The van der Waals surface area contributed by atoms with E-state index in [-0.39, 0.29) is 16.8 Å². The SMILES string of the molecule is COC(=O)C1=C(C)NC(C)=C(C(=O)OC(CN2CCCCC2)c2ccc(C)cc2)C1c1cccc([N+](=O)[O-])c1. The zero-order valence-electron chi connectivity index (χ0n) is 22.9. The van der Waals surface area contributed by atoms with E-state index in [1.165, 1.54) is 25.7 Å². The molecule has 1 N–H and O–H groups in total. The van der Waals surface area contributed by atoms with Gasteiger partial charge >= 0.3 is 11.9 Å². The third-order valence-corrected chi connectivity index (χ3v) is 7.37. The average molecular weight is 534 g/mol. The highest BCUT2D eigenvalue weighted by Gasteiger charge is 2.39. The van der Waals surface area contributed by atoms with E-state index in [9.17, 15) is 19.7 Å². The molecule has 39 heavy (non-hydrogen) atoms. The van der Waals surface area contributed by atoms with Crippen molar-refractivity contribution in [2.75, 3.05) is 26.7 Å². The first kappa shape index (κ1) is 28.0. The van der Waals surface area contributed by atoms with Gasteiger partial charge in [0.1, 0.15) is 6.10 Å². The van der Waals surface area contributed by atoms with Crippen LogP contribution in [0.5, 0.6) is 0 Å². The van der Waals surface area contributed by atoms with Crippen molar-refractivity contribution in [2.45, 2.75) is 52.1 Å². The molecule has 206 valence electrons. The summed E-state index contributed by atoms with van der Waals surface area (Å²) in [4.78, 5) is 40.3. The standard InChI is InChI=1S/C30H35N3O6/c1-19-11-13-22(14-12-19)25(18-32-15-6-5-7-16-32)39-30(35)27-21(3)31-20(2)26(29(34)38-4)28(27)23-9-8-10-24(17-23)33(36)37/h8-14,17,25,28,31H,5-7,15-16,18H2,1-4H3. The lowest BCUT2D eigenvalue weighted by Gasteiger charge is -2.33. The fraction of sp³-hybridized carbons (Fsp3) is 0.400. The number of carbonyl (C=O) groups is 2. The monoisotopic (exact) mass is 533 g/mol. The van der Waals surface area contributed by atoms with Gasteiger partial charge in [0.25, 0.3) is 5.69 Å². The van der Waals surface area contributed by atoms with Gasteiger partial charge in [-0.25, -0.2) is 9.59 Å². The van der Waals surface area contributed by atoms with E-state index in [0.717, 1.165) is 37.1 Å². The number of allylic oxidation sites excluding steroid dienone is 2. The molecule has 2 atom stereocenters. The van der Waals surface area contributed by atoms with Crippen molar-refractivity contribution in [3.05, 3.63) is 97.9 Å². The maximum Gasteiger partial charge on any atom is 0.337 e. The molecule has 0 aromatic heterocycles. The van der Waals surface area contributed by atoms with Crippen LogP contribution in [-0.4, -0.2) is 48.5 Å². The Morgan fingerprint density at radius 3 is 2.26 bits per heavy atom. The van der Waals surface area contributed by atoms with Crippen molar-refractivity contribution in [1.29, 1.82) is 0 Å². The first-order valence-corrected chi connectivity index (χ1v) is 13.2. The molecule has 0 amide bonds. The topological polar surface area (TPSA) is 111 Å². The lowest BCUT2D eigenvalue weighted by Crippen LogP contribution is -2.36. The summed E-state index contributed by atoms with van der Waals surface area (Å²) in [5.41, 5.74) is 3.73. The van der Waals surface area contributed by atoms with Gasteiger partial charge in [-0.15, -0.1) is 0 Å². The average Bonchev–Trinajstić information content (AvgIpc) is 2.93. The molecule has 4 rings (SSSR count). The molecule has 2 unspecified atom stereocenters. The predicted octanol–water partition coefficient (Wildman–Crippen LogP) is 5.08. The Morgan fingerprint density at radius 2 is 1.64 bits per heavy atom. The fourth-order valence-electron chi connectivity index (χ4n) is 5.36. The zero-order chi connectivity index (χ0) is 28.1. The molecule has 9 heteroatoms. The minimum atomic E-state index is -0.903. The second kappa shape index (κ2) is 12.3. The number of piperidine rings is 1. The molecule has 9 nitrogen and oxygen atoms in total. The van der Waals surface area contributed by atoms with E-state index in [4.69, 9.17) is 9.47 Å². The van der Waals surface area contributed by atoms with Crippen LogP contribution in [0.25, 0.3) is 0 Å². The van der Waals surface area contributed by atoms with Gasteiger partial charge < -0.3 is 14.8 Å². The number of methoxy groups -OCH3 is 1. The number of hydrogen-bond acceptors (Lipinski definition) is 8. The smallest absolute Gasteiger partial charge is 0.337 e. The van der Waals surface area contributed by atoms with Crippen molar-refractivity contribution < 1.29 is 24.0 Å². The summed E-state index contributed by atoms with van der Waals surface area (Å²) in [7, 11) is 1.27. The van der Waals surface area contributed by atoms with Gasteiger partial charge in [0.05, 0.1) is 29.1 Å². The second-order valence-electron chi connectivity index (χ2n) is 10.1. The number of nitrogens with zero attached hydrogens (tertiary/aromatic N) is 2. The van der Waals surface area contributed by atoms with Crippen molar-refractivity contribution >= 4 is 17.6 Å².